The van der Waals surface area contributed by atoms with Crippen LogP contribution in [0.3, 0.4) is 0 Å². The van der Waals surface area contributed by atoms with Crippen molar-refractivity contribution in [2.24, 2.45) is 10.6 Å². The fourth-order valence-electron chi connectivity index (χ4n) is 3.51. The highest BCUT2D eigenvalue weighted by atomic mass is 32.2. The number of amides is 3. The number of fused-ring (bicyclic) bond motifs is 1. The van der Waals surface area contributed by atoms with Gasteiger partial charge in [-0.2, -0.15) is 0 Å². The minimum Gasteiger partial charge on any atom is -0.445 e. The summed E-state index contributed by atoms with van der Waals surface area (Å²) in [6.07, 6.45) is 2.39. The monoisotopic (exact) mass is 610 g/mol. The molecule has 15 nitrogen and oxygen atoms in total. The number of nitrogens with two attached hydrogens (primary N) is 1. The van der Waals surface area contributed by atoms with Gasteiger partial charge in [0.25, 0.3) is 11.8 Å². The number of thioether (sulfide) groups is 1. The molecule has 2 aliphatic heterocycles. The molecule has 1 fully saturated rings. The Morgan fingerprint density at radius 2 is 2.00 bits per heavy atom. The topological polar surface area (TPSA) is 212 Å². The van der Waals surface area contributed by atoms with E-state index in [-0.39, 0.29) is 28.9 Å². The number of hydrogen-bond acceptors (Lipinski definition) is 14. The van der Waals surface area contributed by atoms with Crippen LogP contribution in [0.25, 0.3) is 0 Å². The van der Waals surface area contributed by atoms with E-state index in [1.807, 2.05) is 0 Å². The quantitative estimate of drug-likeness (QED) is 0.0728. The number of carbonyl (C=O) groups excluding carboxylic acids is 5. The van der Waals surface area contributed by atoms with Gasteiger partial charge in [-0.3, -0.25) is 19.3 Å². The predicted molar refractivity (Wildman–Crippen MR) is 148 cm³/mol. The van der Waals surface area contributed by atoms with Crippen LogP contribution in [-0.2, 0) is 33.4 Å². The first-order valence-electron chi connectivity index (χ1n) is 12.2. The van der Waals surface area contributed by atoms with Crippen molar-refractivity contribution in [2.75, 3.05) is 31.4 Å². The van der Waals surface area contributed by atoms with E-state index >= 15 is 0 Å². The summed E-state index contributed by atoms with van der Waals surface area (Å²) in [5, 5.41) is 18.2. The highest BCUT2D eigenvalue weighted by Gasteiger charge is 2.54. The molecular formula is C24H30N6O9S2. The summed E-state index contributed by atoms with van der Waals surface area (Å²) in [4.78, 5) is 67.7. The van der Waals surface area contributed by atoms with Crippen LogP contribution in [0, 0.1) is 5.41 Å². The van der Waals surface area contributed by atoms with E-state index in [2.05, 4.69) is 20.8 Å². The first-order chi connectivity index (χ1) is 19.4. The number of allylic oxidation sites excluding steroid dienone is 1. The van der Waals surface area contributed by atoms with Crippen molar-refractivity contribution in [3.05, 3.63) is 34.5 Å². The number of hydrogen-bond donors (Lipinski definition) is 4. The Hall–Kier alpha value is -4.12. The fraction of sp³-hybridized carbons (Fsp3) is 0.458. The molecular weight excluding hydrogens is 580 g/mol. The number of thiazole rings is 1. The maximum absolute atomic E-state index is 13.2. The number of β-lactam (4-membered cyclic amide) rings is 1. The number of esters is 2. The molecule has 3 heterocycles. The van der Waals surface area contributed by atoms with Crippen LogP contribution in [0.15, 0.2) is 34.0 Å². The molecule has 0 radical (unpaired) electrons. The van der Waals surface area contributed by atoms with Gasteiger partial charge in [0.1, 0.15) is 29.4 Å². The minimum absolute atomic E-state index is 0.0312. The summed E-state index contributed by atoms with van der Waals surface area (Å²) in [6.45, 7) is 6.25. The van der Waals surface area contributed by atoms with Crippen molar-refractivity contribution in [3.63, 3.8) is 0 Å². The second kappa shape index (κ2) is 13.5. The summed E-state index contributed by atoms with van der Waals surface area (Å²) in [7, 11) is 0. The summed E-state index contributed by atoms with van der Waals surface area (Å²) in [6, 6.07) is -1.06. The van der Waals surface area contributed by atoms with Gasteiger partial charge >= 0.3 is 18.0 Å². The minimum atomic E-state index is -1.06. The number of alkyl carbamates (subject to hydrolysis) is 1. The van der Waals surface area contributed by atoms with E-state index < -0.39 is 59.2 Å². The van der Waals surface area contributed by atoms with Crippen molar-refractivity contribution in [1.82, 2.24) is 20.5 Å². The predicted octanol–water partition coefficient (Wildman–Crippen LogP) is 0.950. The molecule has 1 saturated heterocycles. The van der Waals surface area contributed by atoms with Gasteiger partial charge < -0.3 is 35.8 Å². The molecule has 1 unspecified atom stereocenters. The van der Waals surface area contributed by atoms with Gasteiger partial charge in [0.2, 0.25) is 6.79 Å². The molecule has 17 heteroatoms. The number of nitrogen functional groups attached to an aromatic ring is 1. The Bertz CT molecular complexity index is 1300. The Morgan fingerprint density at radius 3 is 2.61 bits per heavy atom. The van der Waals surface area contributed by atoms with Gasteiger partial charge in [-0.05, 0) is 39.3 Å². The lowest BCUT2D eigenvalue weighted by atomic mass is 9.98. The van der Waals surface area contributed by atoms with Gasteiger partial charge in [-0.25, -0.2) is 14.6 Å². The van der Waals surface area contributed by atoms with Crippen LogP contribution in [-0.4, -0.2) is 87.8 Å². The highest BCUT2D eigenvalue weighted by Crippen LogP contribution is 2.41. The van der Waals surface area contributed by atoms with E-state index in [0.717, 1.165) is 16.2 Å². The van der Waals surface area contributed by atoms with Crippen molar-refractivity contribution < 1.29 is 43.4 Å². The molecule has 1 aromatic heterocycles. The van der Waals surface area contributed by atoms with E-state index in [9.17, 15) is 29.2 Å². The second-order valence-corrected chi connectivity index (χ2v) is 11.5. The van der Waals surface area contributed by atoms with Crippen LogP contribution < -0.4 is 16.4 Å². The molecule has 2 aliphatic rings. The molecule has 0 bridgehead atoms. The summed E-state index contributed by atoms with van der Waals surface area (Å²) in [5.74, 6) is -2.81. The van der Waals surface area contributed by atoms with Crippen LogP contribution in [0.5, 0.6) is 0 Å². The zero-order valence-electron chi connectivity index (χ0n) is 22.7. The summed E-state index contributed by atoms with van der Waals surface area (Å²) < 4.78 is 15.2. The summed E-state index contributed by atoms with van der Waals surface area (Å²) >= 11 is 2.29. The first kappa shape index (κ1) is 31.4. The number of ether oxygens (including phenoxy) is 3. The van der Waals surface area contributed by atoms with Crippen molar-refractivity contribution >= 4 is 63.8 Å². The van der Waals surface area contributed by atoms with E-state index in [1.54, 1.807) is 27.7 Å². The Morgan fingerprint density at radius 1 is 1.27 bits per heavy atom. The molecule has 0 saturated carbocycles. The van der Waals surface area contributed by atoms with Gasteiger partial charge in [0, 0.05) is 17.7 Å². The van der Waals surface area contributed by atoms with E-state index in [4.69, 9.17) is 19.9 Å². The van der Waals surface area contributed by atoms with Gasteiger partial charge in [-0.15, -0.1) is 23.1 Å². The molecule has 0 aliphatic carbocycles. The molecule has 222 valence electrons. The standard InChI is InChI=1S/C24H30N6O9S2/c1-5-26-23(35)37-8-6-7-12-9-40-19-15(28-17(31)14(29-36)13-10-41-22(25)27-13)18(32)30(19)16(12)20(33)38-11-39-21(34)24(2,3)4/h6-7,10,15,19,36H,5,8-9,11H2,1-4H3,(H2,25,27)(H,26,35)(H,28,31)/b7-6-,29-14-/t15?,19-/m1/s1. The van der Waals surface area contributed by atoms with Crippen molar-refractivity contribution in [1.29, 1.82) is 0 Å². The fourth-order valence-corrected chi connectivity index (χ4v) is 5.38. The van der Waals surface area contributed by atoms with Crippen molar-refractivity contribution in [3.8, 4) is 0 Å². The Labute approximate surface area is 243 Å². The average Bonchev–Trinajstić information content (AvgIpc) is 3.34. The molecule has 0 spiro atoms. The third kappa shape index (κ3) is 7.55. The second-order valence-electron chi connectivity index (χ2n) is 9.52. The molecule has 0 aromatic carbocycles. The van der Waals surface area contributed by atoms with Crippen LogP contribution in [0.2, 0.25) is 0 Å². The number of nitrogens with one attached hydrogen (secondary N) is 2. The SMILES string of the molecule is CCNC(=O)OC/C=C\C1=C(C(=O)OCOC(=O)C(C)(C)C)N2C(=O)C(NC(=O)/C(=N\O)c3csc(N)n3)[C@H]2SC1. The maximum atomic E-state index is 13.2. The maximum Gasteiger partial charge on any atom is 0.407 e. The van der Waals surface area contributed by atoms with Gasteiger partial charge in [0.05, 0.1) is 5.41 Å². The molecule has 5 N–H and O–H groups in total. The van der Waals surface area contributed by atoms with Crippen LogP contribution >= 0.6 is 23.1 Å². The van der Waals surface area contributed by atoms with Gasteiger partial charge in [-0.1, -0.05) is 11.2 Å². The number of aromatic nitrogens is 1. The zero-order chi connectivity index (χ0) is 30.3. The van der Waals surface area contributed by atoms with Crippen LogP contribution in [0.4, 0.5) is 9.93 Å². The molecule has 1 aromatic rings. The number of rotatable bonds is 10. The lowest BCUT2D eigenvalue weighted by Gasteiger charge is -2.49. The summed E-state index contributed by atoms with van der Waals surface area (Å²) in [5.41, 5.74) is 4.62. The lowest BCUT2D eigenvalue weighted by Crippen LogP contribution is -2.71. The van der Waals surface area contributed by atoms with E-state index in [1.165, 1.54) is 29.3 Å². The zero-order valence-corrected chi connectivity index (χ0v) is 24.3. The van der Waals surface area contributed by atoms with Crippen molar-refractivity contribution in [2.45, 2.75) is 39.1 Å². The first-order valence-corrected chi connectivity index (χ1v) is 14.2. The largest absolute Gasteiger partial charge is 0.445 e. The van der Waals surface area contributed by atoms with E-state index in [0.29, 0.717) is 12.1 Å². The average molecular weight is 611 g/mol. The smallest absolute Gasteiger partial charge is 0.407 e. The number of oxime groups is 1. The third-order valence-electron chi connectivity index (χ3n) is 5.50. The molecule has 3 rings (SSSR count). The lowest BCUT2D eigenvalue weighted by molar-refractivity contribution is -0.173. The molecule has 41 heavy (non-hydrogen) atoms. The van der Waals surface area contributed by atoms with Crippen LogP contribution in [0.1, 0.15) is 33.4 Å². The number of anilines is 1. The Balaban J connectivity index is 1.77. The Kier molecular flexibility index (Phi) is 10.3. The van der Waals surface area contributed by atoms with Gasteiger partial charge in [0.15, 0.2) is 10.8 Å². The third-order valence-corrected chi connectivity index (χ3v) is 7.48. The number of carbonyl (C=O) groups is 5. The molecule has 3 amide bonds. The highest BCUT2D eigenvalue weighted by molar-refractivity contribution is 8.00. The normalized spacial score (nSPS) is 18.9. The number of nitrogens with zero attached hydrogens (tertiary/aromatic N) is 3. The molecule has 2 atom stereocenters.